The molecule has 0 atom stereocenters. The molecule has 6 nitrogen and oxygen atoms in total. The monoisotopic (exact) mass is 297 g/mol. The van der Waals surface area contributed by atoms with E-state index in [4.69, 9.17) is 30.5 Å². The van der Waals surface area contributed by atoms with Crippen LogP contribution in [0.4, 0.5) is 0 Å². The Balaban J connectivity index is 3.21. The van der Waals surface area contributed by atoms with Crippen LogP contribution in [0.25, 0.3) is 0 Å². The van der Waals surface area contributed by atoms with Crippen LogP contribution in [-0.4, -0.2) is 22.6 Å². The Hall–Kier alpha value is -0.500. The lowest BCUT2D eigenvalue weighted by Crippen LogP contribution is -2.13. The maximum Gasteiger partial charge on any atom is 0.380 e. The van der Waals surface area contributed by atoms with Gasteiger partial charge in [-0.15, -0.1) is 0 Å². The number of benzene rings is 1. The van der Waals surface area contributed by atoms with E-state index in [-0.39, 0.29) is 10.6 Å². The number of nitrogens with two attached hydrogens (primary N) is 1. The van der Waals surface area contributed by atoms with Gasteiger partial charge in [0.15, 0.2) is 0 Å². The Bertz CT molecular complexity index is 537. The van der Waals surface area contributed by atoms with Gasteiger partial charge in [-0.05, 0) is 12.1 Å². The molecule has 0 spiro atoms. The van der Waals surface area contributed by atoms with Crippen molar-refractivity contribution in [2.24, 2.45) is 5.14 Å². The molecular formula is C8H12NO5PS2. The van der Waals surface area contributed by atoms with Gasteiger partial charge in [-0.25, -0.2) is 13.6 Å². The van der Waals surface area contributed by atoms with Crippen molar-refractivity contribution in [3.63, 3.8) is 0 Å². The Labute approximate surface area is 105 Å². The lowest BCUT2D eigenvalue weighted by atomic mass is 10.3. The smallest absolute Gasteiger partial charge is 0.380 e. The van der Waals surface area contributed by atoms with E-state index in [0.29, 0.717) is 0 Å². The van der Waals surface area contributed by atoms with Gasteiger partial charge in [0.25, 0.3) is 0 Å². The molecule has 1 aromatic rings. The third-order valence-electron chi connectivity index (χ3n) is 1.81. The maximum atomic E-state index is 11.3. The summed E-state index contributed by atoms with van der Waals surface area (Å²) in [5.41, 5.74) is 0. The standard InChI is InChI=1S/C8H12NO5PS2/c1-12-15(16,13-2)14-7-5-3-4-6-8(7)17(9,10)11/h3-6H,1-2H3,(H2,9,10,11). The lowest BCUT2D eigenvalue weighted by molar-refractivity contribution is 0.271. The van der Waals surface area contributed by atoms with E-state index in [2.05, 4.69) is 0 Å². The van der Waals surface area contributed by atoms with Crippen molar-refractivity contribution in [1.29, 1.82) is 0 Å². The van der Waals surface area contributed by atoms with Gasteiger partial charge < -0.3 is 13.6 Å². The fourth-order valence-corrected chi connectivity index (χ4v) is 2.69. The van der Waals surface area contributed by atoms with E-state index >= 15 is 0 Å². The summed E-state index contributed by atoms with van der Waals surface area (Å²) in [6.45, 7) is -2.99. The summed E-state index contributed by atoms with van der Waals surface area (Å²) in [5.74, 6) is 0.0158. The van der Waals surface area contributed by atoms with Crippen LogP contribution in [0.15, 0.2) is 29.2 Å². The first-order valence-corrected chi connectivity index (χ1v) is 8.45. The van der Waals surface area contributed by atoms with Crippen molar-refractivity contribution < 1.29 is 22.0 Å². The summed E-state index contributed by atoms with van der Waals surface area (Å²) in [4.78, 5) is -0.164. The summed E-state index contributed by atoms with van der Waals surface area (Å²) in [6.07, 6.45) is 0. The second kappa shape index (κ2) is 5.43. The SMILES string of the molecule is COP(=S)(OC)Oc1ccccc1S(N)(=O)=O. The molecule has 1 rings (SSSR count). The third kappa shape index (κ3) is 3.74. The predicted octanol–water partition coefficient (Wildman–Crippen LogP) is 1.23. The van der Waals surface area contributed by atoms with Gasteiger partial charge in [-0.3, -0.25) is 0 Å². The highest BCUT2D eigenvalue weighted by Gasteiger charge is 2.23. The van der Waals surface area contributed by atoms with Gasteiger partial charge in [-0.2, -0.15) is 0 Å². The Kier molecular flexibility index (Phi) is 4.65. The highest BCUT2D eigenvalue weighted by atomic mass is 32.5. The minimum atomic E-state index is -3.89. The Morgan fingerprint density at radius 1 is 1.24 bits per heavy atom. The van der Waals surface area contributed by atoms with E-state index in [1.54, 1.807) is 6.07 Å². The normalized spacial score (nSPS) is 12.4. The molecule has 0 fully saturated rings. The fraction of sp³-hybridized carbons (Fsp3) is 0.250. The number of primary sulfonamides is 1. The molecule has 0 heterocycles. The predicted molar refractivity (Wildman–Crippen MR) is 66.7 cm³/mol. The van der Waals surface area contributed by atoms with Crippen LogP contribution >= 0.6 is 6.72 Å². The number of sulfonamides is 1. The van der Waals surface area contributed by atoms with E-state index in [0.717, 1.165) is 0 Å². The van der Waals surface area contributed by atoms with E-state index < -0.39 is 16.7 Å². The van der Waals surface area contributed by atoms with Crippen molar-refractivity contribution >= 4 is 28.5 Å². The zero-order chi connectivity index (χ0) is 13.1. The number of hydrogen-bond donors (Lipinski definition) is 1. The molecule has 1 aromatic carbocycles. The van der Waals surface area contributed by atoms with Gasteiger partial charge in [-0.1, -0.05) is 12.1 Å². The van der Waals surface area contributed by atoms with Gasteiger partial charge >= 0.3 is 6.72 Å². The van der Waals surface area contributed by atoms with Crippen molar-refractivity contribution in [1.82, 2.24) is 0 Å². The average molecular weight is 297 g/mol. The highest BCUT2D eigenvalue weighted by molar-refractivity contribution is 8.07. The van der Waals surface area contributed by atoms with Crippen LogP contribution in [-0.2, 0) is 30.9 Å². The molecule has 0 radical (unpaired) electrons. The van der Waals surface area contributed by atoms with Gasteiger partial charge in [0.05, 0.1) is 0 Å². The second-order valence-corrected chi connectivity index (χ2v) is 7.57. The third-order valence-corrected chi connectivity index (χ3v) is 5.20. The van der Waals surface area contributed by atoms with Gasteiger partial charge in [0.2, 0.25) is 10.0 Å². The molecule has 0 saturated carbocycles. The van der Waals surface area contributed by atoms with Crippen molar-refractivity contribution in [3.8, 4) is 5.75 Å². The van der Waals surface area contributed by atoms with E-state index in [9.17, 15) is 8.42 Å². The van der Waals surface area contributed by atoms with Gasteiger partial charge in [0, 0.05) is 26.0 Å². The molecule has 0 aliphatic rings. The van der Waals surface area contributed by atoms with E-state index in [1.807, 2.05) is 0 Å². The minimum Gasteiger partial charge on any atom is -0.423 e. The quantitative estimate of drug-likeness (QED) is 0.822. The molecule has 0 bridgehead atoms. The average Bonchev–Trinajstić information content (AvgIpc) is 2.28. The summed E-state index contributed by atoms with van der Waals surface area (Å²) < 4.78 is 37.7. The highest BCUT2D eigenvalue weighted by Crippen LogP contribution is 2.49. The van der Waals surface area contributed by atoms with Crippen LogP contribution in [0, 0.1) is 0 Å². The topological polar surface area (TPSA) is 87.8 Å². The Morgan fingerprint density at radius 2 is 1.76 bits per heavy atom. The summed E-state index contributed by atoms with van der Waals surface area (Å²) in [5, 5.41) is 5.05. The molecule has 0 unspecified atom stereocenters. The van der Waals surface area contributed by atoms with Crippen LogP contribution in [0.3, 0.4) is 0 Å². The van der Waals surface area contributed by atoms with E-state index in [1.165, 1.54) is 32.4 Å². The number of rotatable bonds is 5. The Morgan fingerprint density at radius 3 is 2.24 bits per heavy atom. The first-order chi connectivity index (χ1) is 7.82. The maximum absolute atomic E-state index is 11.3. The molecule has 2 N–H and O–H groups in total. The zero-order valence-corrected chi connectivity index (χ0v) is 11.7. The largest absolute Gasteiger partial charge is 0.423 e. The second-order valence-electron chi connectivity index (χ2n) is 2.90. The van der Waals surface area contributed by atoms with Crippen LogP contribution in [0.2, 0.25) is 0 Å². The molecule has 96 valence electrons. The zero-order valence-electron chi connectivity index (χ0n) is 9.19. The molecule has 0 aliphatic heterocycles. The first kappa shape index (κ1) is 14.6. The van der Waals surface area contributed by atoms with Gasteiger partial charge in [0.1, 0.15) is 10.6 Å². The molecule has 17 heavy (non-hydrogen) atoms. The van der Waals surface area contributed by atoms with Crippen LogP contribution in [0.1, 0.15) is 0 Å². The molecule has 0 aliphatic carbocycles. The van der Waals surface area contributed by atoms with Crippen molar-refractivity contribution in [2.45, 2.75) is 4.90 Å². The van der Waals surface area contributed by atoms with Crippen molar-refractivity contribution in [2.75, 3.05) is 14.2 Å². The fourth-order valence-electron chi connectivity index (χ4n) is 1.03. The summed E-state index contributed by atoms with van der Waals surface area (Å²) in [7, 11) is -1.24. The lowest BCUT2D eigenvalue weighted by Gasteiger charge is -2.19. The van der Waals surface area contributed by atoms with Crippen LogP contribution in [0.5, 0.6) is 5.75 Å². The molecule has 0 aromatic heterocycles. The van der Waals surface area contributed by atoms with Crippen LogP contribution < -0.4 is 9.66 Å². The minimum absolute atomic E-state index is 0.0158. The molecule has 9 heteroatoms. The molecule has 0 saturated heterocycles. The first-order valence-electron chi connectivity index (χ1n) is 4.35. The van der Waals surface area contributed by atoms with Crippen molar-refractivity contribution in [3.05, 3.63) is 24.3 Å². The molecule has 0 amide bonds. The number of para-hydroxylation sites is 1. The molecular weight excluding hydrogens is 285 g/mol. The summed E-state index contributed by atoms with van der Waals surface area (Å²) >= 11 is 4.98. The summed E-state index contributed by atoms with van der Waals surface area (Å²) in [6, 6.07) is 5.86. The number of hydrogen-bond acceptors (Lipinski definition) is 6.